The van der Waals surface area contributed by atoms with E-state index in [2.05, 4.69) is 51.1 Å². The largest absolute Gasteiger partial charge is 0.493 e. The summed E-state index contributed by atoms with van der Waals surface area (Å²) < 4.78 is 12.1. The molecule has 0 fully saturated rings. The van der Waals surface area contributed by atoms with Crippen LogP contribution in [0.25, 0.3) is 10.8 Å². The van der Waals surface area contributed by atoms with Crippen molar-refractivity contribution >= 4 is 10.8 Å². The Morgan fingerprint density at radius 3 is 2.09 bits per heavy atom. The van der Waals surface area contributed by atoms with Gasteiger partial charge in [0, 0.05) is 10.8 Å². The Bertz CT molecular complexity index is 590. The topological polar surface area (TPSA) is 18.5 Å². The molecule has 2 heteroatoms. The Morgan fingerprint density at radius 2 is 1.45 bits per heavy atom. The number of fused-ring (bicyclic) bond motifs is 1. The van der Waals surface area contributed by atoms with Gasteiger partial charge in [-0.1, -0.05) is 57.9 Å². The summed E-state index contributed by atoms with van der Waals surface area (Å²) in [6.07, 6.45) is 5.43. The van der Waals surface area contributed by atoms with Crippen LogP contribution in [0.15, 0.2) is 30.3 Å². The Kier molecular flexibility index (Phi) is 6.57. The van der Waals surface area contributed by atoms with Crippen molar-refractivity contribution in [3.8, 4) is 11.5 Å². The molecule has 0 saturated carbocycles. The lowest BCUT2D eigenvalue weighted by molar-refractivity contribution is 0.304. The normalized spacial score (nSPS) is 10.9. The van der Waals surface area contributed by atoms with Gasteiger partial charge in [0.25, 0.3) is 0 Å². The van der Waals surface area contributed by atoms with Gasteiger partial charge >= 0.3 is 0 Å². The van der Waals surface area contributed by atoms with Crippen LogP contribution in [0.4, 0.5) is 0 Å². The summed E-state index contributed by atoms with van der Waals surface area (Å²) in [6.45, 7) is 8.10. The fraction of sp³-hybridized carbons (Fsp3) is 0.500. The van der Waals surface area contributed by atoms with Crippen molar-refractivity contribution in [2.75, 3.05) is 13.2 Å². The third-order valence-electron chi connectivity index (χ3n) is 3.91. The molecule has 120 valence electrons. The molecule has 2 nitrogen and oxygen atoms in total. The first-order valence-electron chi connectivity index (χ1n) is 8.62. The number of benzene rings is 2. The number of rotatable bonds is 9. The van der Waals surface area contributed by atoms with E-state index in [4.69, 9.17) is 9.47 Å². The second-order valence-corrected chi connectivity index (χ2v) is 5.67. The van der Waals surface area contributed by atoms with Crippen molar-refractivity contribution in [2.45, 2.75) is 52.9 Å². The summed E-state index contributed by atoms with van der Waals surface area (Å²) in [5, 5.41) is 2.33. The minimum absolute atomic E-state index is 0.777. The summed E-state index contributed by atoms with van der Waals surface area (Å²) in [5.74, 6) is 2.03. The second kappa shape index (κ2) is 8.67. The van der Waals surface area contributed by atoms with Gasteiger partial charge in [0.05, 0.1) is 13.2 Å². The molecule has 0 aliphatic heterocycles. The standard InChI is InChI=1S/C20H28O2/c1-4-7-13-21-19-15-16(6-3)20(22-14-8-5-2)18-12-10-9-11-17(18)19/h9-12,15H,4-8,13-14H2,1-3H3. The minimum Gasteiger partial charge on any atom is -0.493 e. The van der Waals surface area contributed by atoms with E-state index in [1.54, 1.807) is 0 Å². The first kappa shape index (κ1) is 16.7. The first-order valence-corrected chi connectivity index (χ1v) is 8.62. The molecule has 2 aromatic rings. The zero-order chi connectivity index (χ0) is 15.8. The summed E-state index contributed by atoms with van der Waals surface area (Å²) in [6, 6.07) is 10.6. The lowest BCUT2D eigenvalue weighted by Crippen LogP contribution is -2.03. The fourth-order valence-corrected chi connectivity index (χ4v) is 2.57. The summed E-state index contributed by atoms with van der Waals surface area (Å²) >= 11 is 0. The van der Waals surface area contributed by atoms with Crippen molar-refractivity contribution in [2.24, 2.45) is 0 Å². The molecule has 2 rings (SSSR count). The molecule has 0 saturated heterocycles. The van der Waals surface area contributed by atoms with E-state index in [9.17, 15) is 0 Å². The van der Waals surface area contributed by atoms with Crippen molar-refractivity contribution in [1.29, 1.82) is 0 Å². The molecule has 0 bridgehead atoms. The highest BCUT2D eigenvalue weighted by Gasteiger charge is 2.13. The lowest BCUT2D eigenvalue weighted by Gasteiger charge is -2.17. The van der Waals surface area contributed by atoms with Crippen LogP contribution in [0.3, 0.4) is 0 Å². The van der Waals surface area contributed by atoms with Crippen molar-refractivity contribution in [3.63, 3.8) is 0 Å². The second-order valence-electron chi connectivity index (χ2n) is 5.67. The van der Waals surface area contributed by atoms with Gasteiger partial charge in [0.1, 0.15) is 11.5 Å². The van der Waals surface area contributed by atoms with Crippen LogP contribution >= 0.6 is 0 Å². The van der Waals surface area contributed by atoms with E-state index < -0.39 is 0 Å². The quantitative estimate of drug-likeness (QED) is 0.548. The maximum atomic E-state index is 6.11. The Labute approximate surface area is 134 Å². The predicted octanol–water partition coefficient (Wildman–Crippen LogP) is 5.76. The summed E-state index contributed by atoms with van der Waals surface area (Å²) in [4.78, 5) is 0. The van der Waals surface area contributed by atoms with Crippen LogP contribution in [0.2, 0.25) is 0 Å². The van der Waals surface area contributed by atoms with Gasteiger partial charge in [-0.2, -0.15) is 0 Å². The molecular formula is C20H28O2. The molecule has 0 amide bonds. The number of hydrogen-bond donors (Lipinski definition) is 0. The van der Waals surface area contributed by atoms with Crippen LogP contribution < -0.4 is 9.47 Å². The maximum Gasteiger partial charge on any atom is 0.130 e. The van der Waals surface area contributed by atoms with Crippen LogP contribution in [0.1, 0.15) is 52.0 Å². The molecule has 0 radical (unpaired) electrons. The monoisotopic (exact) mass is 300 g/mol. The fourth-order valence-electron chi connectivity index (χ4n) is 2.57. The molecule has 0 aromatic heterocycles. The van der Waals surface area contributed by atoms with Gasteiger partial charge in [-0.05, 0) is 30.9 Å². The predicted molar refractivity (Wildman–Crippen MR) is 94.1 cm³/mol. The SMILES string of the molecule is CCCCOc1cc(CC)c(OCCCC)c2ccccc12. The smallest absolute Gasteiger partial charge is 0.130 e. The molecule has 2 aromatic carbocycles. The van der Waals surface area contributed by atoms with Crippen molar-refractivity contribution in [3.05, 3.63) is 35.9 Å². The van der Waals surface area contributed by atoms with Gasteiger partial charge in [-0.15, -0.1) is 0 Å². The van der Waals surface area contributed by atoms with E-state index >= 15 is 0 Å². The summed E-state index contributed by atoms with van der Waals surface area (Å²) in [7, 11) is 0. The van der Waals surface area contributed by atoms with Crippen LogP contribution in [0.5, 0.6) is 11.5 Å². The lowest BCUT2D eigenvalue weighted by atomic mass is 10.0. The Morgan fingerprint density at radius 1 is 0.818 bits per heavy atom. The average molecular weight is 300 g/mol. The molecule has 0 unspecified atom stereocenters. The maximum absolute atomic E-state index is 6.11. The highest BCUT2D eigenvalue weighted by atomic mass is 16.5. The molecule has 0 aliphatic rings. The number of hydrogen-bond acceptors (Lipinski definition) is 2. The molecule has 0 atom stereocenters. The van der Waals surface area contributed by atoms with E-state index in [-0.39, 0.29) is 0 Å². The zero-order valence-electron chi connectivity index (χ0n) is 14.2. The molecule has 0 N–H and O–H groups in total. The van der Waals surface area contributed by atoms with E-state index in [0.29, 0.717) is 0 Å². The Balaban J connectivity index is 2.39. The third kappa shape index (κ3) is 3.94. The van der Waals surface area contributed by atoms with E-state index in [1.165, 1.54) is 10.9 Å². The van der Waals surface area contributed by atoms with Gasteiger partial charge < -0.3 is 9.47 Å². The highest BCUT2D eigenvalue weighted by Crippen LogP contribution is 2.37. The van der Waals surface area contributed by atoms with Crippen molar-refractivity contribution in [1.82, 2.24) is 0 Å². The van der Waals surface area contributed by atoms with Crippen molar-refractivity contribution < 1.29 is 9.47 Å². The molecule has 0 spiro atoms. The van der Waals surface area contributed by atoms with Gasteiger partial charge in [-0.3, -0.25) is 0 Å². The number of ether oxygens (including phenoxy) is 2. The Hall–Kier alpha value is -1.70. The first-order chi connectivity index (χ1) is 10.8. The molecule has 0 heterocycles. The molecule has 0 aliphatic carbocycles. The van der Waals surface area contributed by atoms with Crippen LogP contribution in [-0.2, 0) is 6.42 Å². The van der Waals surface area contributed by atoms with E-state index in [0.717, 1.165) is 62.2 Å². The summed E-state index contributed by atoms with van der Waals surface area (Å²) in [5.41, 5.74) is 1.24. The minimum atomic E-state index is 0.777. The van der Waals surface area contributed by atoms with Gasteiger partial charge in [0.2, 0.25) is 0 Å². The van der Waals surface area contributed by atoms with Gasteiger partial charge in [0.15, 0.2) is 0 Å². The highest BCUT2D eigenvalue weighted by molar-refractivity contribution is 5.94. The third-order valence-corrected chi connectivity index (χ3v) is 3.91. The zero-order valence-corrected chi connectivity index (χ0v) is 14.2. The molecule has 22 heavy (non-hydrogen) atoms. The number of unbranched alkanes of at least 4 members (excludes halogenated alkanes) is 2. The van der Waals surface area contributed by atoms with Crippen LogP contribution in [-0.4, -0.2) is 13.2 Å². The number of aryl methyl sites for hydroxylation is 1. The van der Waals surface area contributed by atoms with Gasteiger partial charge in [-0.25, -0.2) is 0 Å². The average Bonchev–Trinajstić information content (AvgIpc) is 2.56. The van der Waals surface area contributed by atoms with Crippen LogP contribution in [0, 0.1) is 0 Å². The molecular weight excluding hydrogens is 272 g/mol. The van der Waals surface area contributed by atoms with E-state index in [1.807, 2.05) is 0 Å².